The van der Waals surface area contributed by atoms with Crippen molar-refractivity contribution in [1.29, 1.82) is 0 Å². The van der Waals surface area contributed by atoms with Gasteiger partial charge in [0.15, 0.2) is 0 Å². The minimum Gasteiger partial charge on any atom is -0.497 e. The number of aryl methyl sites for hydroxylation is 1. The van der Waals surface area contributed by atoms with Crippen molar-refractivity contribution in [3.63, 3.8) is 0 Å². The zero-order valence-electron chi connectivity index (χ0n) is 15.6. The van der Waals surface area contributed by atoms with E-state index in [4.69, 9.17) is 14.6 Å². The van der Waals surface area contributed by atoms with E-state index in [0.29, 0.717) is 28.3 Å². The Bertz CT molecular complexity index is 997. The van der Waals surface area contributed by atoms with Crippen LogP contribution in [-0.4, -0.2) is 28.5 Å². The van der Waals surface area contributed by atoms with Crippen LogP contribution in [0.15, 0.2) is 41.3 Å². The Morgan fingerprint density at radius 2 is 1.81 bits per heavy atom. The first-order valence-corrected chi connectivity index (χ1v) is 9.55. The van der Waals surface area contributed by atoms with Crippen LogP contribution in [0.2, 0.25) is 0 Å². The molecule has 0 spiro atoms. The molecule has 3 N–H and O–H groups in total. The lowest BCUT2D eigenvalue weighted by Gasteiger charge is -2.12. The third-order valence-corrected chi connectivity index (χ3v) is 4.97. The lowest BCUT2D eigenvalue weighted by Crippen LogP contribution is -2.15. The summed E-state index contributed by atoms with van der Waals surface area (Å²) in [6.45, 7) is 3.53. The molecule has 0 saturated carbocycles. The Morgan fingerprint density at radius 3 is 2.41 bits per heavy atom. The van der Waals surface area contributed by atoms with Gasteiger partial charge >= 0.3 is 0 Å². The normalized spacial score (nSPS) is 11.4. The lowest BCUT2D eigenvalue weighted by molar-refractivity contribution is -0.111. The summed E-state index contributed by atoms with van der Waals surface area (Å²) in [6, 6.07) is 8.04. The van der Waals surface area contributed by atoms with Crippen molar-refractivity contribution in [1.82, 2.24) is 0 Å². The predicted molar refractivity (Wildman–Crippen MR) is 104 cm³/mol. The van der Waals surface area contributed by atoms with E-state index in [0.717, 1.165) is 5.56 Å². The Balaban J connectivity index is 2.26. The predicted octanol–water partition coefficient (Wildman–Crippen LogP) is 2.62. The minimum absolute atomic E-state index is 0.0540. The fraction of sp³-hybridized carbons (Fsp3) is 0.211. The third kappa shape index (κ3) is 5.08. The lowest BCUT2D eigenvalue weighted by atomic mass is 10.1. The van der Waals surface area contributed by atoms with E-state index >= 15 is 0 Å². The van der Waals surface area contributed by atoms with Crippen molar-refractivity contribution >= 4 is 27.7 Å². The molecule has 0 radical (unpaired) electrons. The van der Waals surface area contributed by atoms with Gasteiger partial charge < -0.3 is 14.8 Å². The number of carbonyl (C=O) groups excluding carboxylic acids is 1. The summed E-state index contributed by atoms with van der Waals surface area (Å²) in [4.78, 5) is 12.2. The number of primary sulfonamides is 1. The zero-order valence-corrected chi connectivity index (χ0v) is 16.4. The maximum absolute atomic E-state index is 12.3. The molecule has 0 aliphatic rings. The molecule has 27 heavy (non-hydrogen) atoms. The van der Waals surface area contributed by atoms with Gasteiger partial charge in [0, 0.05) is 23.4 Å². The van der Waals surface area contributed by atoms with Crippen LogP contribution in [0.25, 0.3) is 6.08 Å². The molecule has 2 aromatic rings. The highest BCUT2D eigenvalue weighted by Crippen LogP contribution is 2.26. The molecule has 2 rings (SSSR count). The third-order valence-electron chi connectivity index (χ3n) is 4.08. The number of amides is 1. The number of carbonyl (C=O) groups is 1. The van der Waals surface area contributed by atoms with Crippen molar-refractivity contribution in [3.05, 3.63) is 53.1 Å². The van der Waals surface area contributed by atoms with Gasteiger partial charge in [0.1, 0.15) is 11.5 Å². The maximum atomic E-state index is 12.3. The highest BCUT2D eigenvalue weighted by molar-refractivity contribution is 7.89. The molecule has 7 nitrogen and oxygen atoms in total. The van der Waals surface area contributed by atoms with Gasteiger partial charge in [-0.25, -0.2) is 13.6 Å². The van der Waals surface area contributed by atoms with E-state index in [2.05, 4.69) is 5.32 Å². The Hall–Kier alpha value is -2.84. The minimum atomic E-state index is -3.87. The summed E-state index contributed by atoms with van der Waals surface area (Å²) >= 11 is 0. The Morgan fingerprint density at radius 1 is 1.11 bits per heavy atom. The van der Waals surface area contributed by atoms with Crippen LogP contribution in [0.4, 0.5) is 5.69 Å². The number of rotatable bonds is 6. The molecule has 0 saturated heterocycles. The second-order valence-corrected chi connectivity index (χ2v) is 7.45. The highest BCUT2D eigenvalue weighted by atomic mass is 32.2. The van der Waals surface area contributed by atoms with E-state index in [-0.39, 0.29) is 4.90 Å². The number of sulfonamides is 1. The number of anilines is 1. The molecule has 144 valence electrons. The van der Waals surface area contributed by atoms with Gasteiger partial charge in [-0.05, 0) is 55.3 Å². The molecule has 0 heterocycles. The summed E-state index contributed by atoms with van der Waals surface area (Å²) in [5, 5.41) is 7.87. The summed E-state index contributed by atoms with van der Waals surface area (Å²) in [6.07, 6.45) is 2.93. The van der Waals surface area contributed by atoms with E-state index in [9.17, 15) is 13.2 Å². The fourth-order valence-corrected chi connectivity index (χ4v) is 3.04. The highest BCUT2D eigenvalue weighted by Gasteiger charge is 2.13. The van der Waals surface area contributed by atoms with Crippen LogP contribution in [0.3, 0.4) is 0 Å². The van der Waals surface area contributed by atoms with Crippen molar-refractivity contribution in [2.75, 3.05) is 19.5 Å². The van der Waals surface area contributed by atoms with Gasteiger partial charge in [-0.1, -0.05) is 0 Å². The quantitative estimate of drug-likeness (QED) is 0.737. The molecule has 1 amide bonds. The molecule has 0 unspecified atom stereocenters. The smallest absolute Gasteiger partial charge is 0.248 e. The van der Waals surface area contributed by atoms with Gasteiger partial charge in [0.05, 0.1) is 19.1 Å². The van der Waals surface area contributed by atoms with Gasteiger partial charge in [0.2, 0.25) is 15.9 Å². The van der Waals surface area contributed by atoms with Crippen molar-refractivity contribution in [2.45, 2.75) is 18.7 Å². The second kappa shape index (κ2) is 8.24. The first-order chi connectivity index (χ1) is 12.7. The van der Waals surface area contributed by atoms with E-state index < -0.39 is 15.9 Å². The second-order valence-electron chi connectivity index (χ2n) is 5.89. The first-order valence-electron chi connectivity index (χ1n) is 8.01. The molecule has 8 heteroatoms. The summed E-state index contributed by atoms with van der Waals surface area (Å²) < 4.78 is 33.6. The molecular formula is C19H22N2O5S. The summed E-state index contributed by atoms with van der Waals surface area (Å²) in [5.41, 5.74) is 2.54. The van der Waals surface area contributed by atoms with Crippen LogP contribution >= 0.6 is 0 Å². The standard InChI is InChI=1S/C19H22N2O5S/c1-12-9-16(27(20,23)24)11-17(13(12)2)21-19(22)8-6-14-5-7-15(25-3)10-18(14)26-4/h5-11H,1-4H3,(H,21,22)(H2,20,23,24)/b8-6+. The van der Waals surface area contributed by atoms with Crippen molar-refractivity contribution in [2.24, 2.45) is 5.14 Å². The molecule has 0 aliphatic heterocycles. The molecule has 0 atom stereocenters. The number of hydrogen-bond donors (Lipinski definition) is 2. The monoisotopic (exact) mass is 390 g/mol. The topological polar surface area (TPSA) is 108 Å². The number of hydrogen-bond acceptors (Lipinski definition) is 5. The number of nitrogens with one attached hydrogen (secondary N) is 1. The number of benzene rings is 2. The molecule has 2 aromatic carbocycles. The van der Waals surface area contributed by atoms with Crippen LogP contribution in [0.5, 0.6) is 11.5 Å². The average molecular weight is 390 g/mol. The van der Waals surface area contributed by atoms with Crippen LogP contribution in [-0.2, 0) is 14.8 Å². The molecular weight excluding hydrogens is 368 g/mol. The first kappa shape index (κ1) is 20.5. The maximum Gasteiger partial charge on any atom is 0.248 e. The van der Waals surface area contributed by atoms with Crippen LogP contribution in [0, 0.1) is 13.8 Å². The Labute approximate surface area is 158 Å². The average Bonchev–Trinajstić information content (AvgIpc) is 2.62. The molecule has 0 aromatic heterocycles. The number of ether oxygens (including phenoxy) is 2. The molecule has 0 fully saturated rings. The molecule has 0 bridgehead atoms. The zero-order chi connectivity index (χ0) is 20.2. The van der Waals surface area contributed by atoms with E-state index in [1.54, 1.807) is 45.2 Å². The van der Waals surface area contributed by atoms with Gasteiger partial charge in [-0.15, -0.1) is 0 Å². The number of methoxy groups -OCH3 is 2. The largest absolute Gasteiger partial charge is 0.497 e. The SMILES string of the molecule is COc1ccc(/C=C/C(=O)Nc2cc(S(N)(=O)=O)cc(C)c2C)c(OC)c1. The fourth-order valence-electron chi connectivity index (χ4n) is 2.42. The van der Waals surface area contributed by atoms with Gasteiger partial charge in [-0.3, -0.25) is 4.79 Å². The van der Waals surface area contributed by atoms with E-state index in [1.165, 1.54) is 25.3 Å². The van der Waals surface area contributed by atoms with Gasteiger partial charge in [-0.2, -0.15) is 0 Å². The van der Waals surface area contributed by atoms with Crippen LogP contribution in [0.1, 0.15) is 16.7 Å². The Kier molecular flexibility index (Phi) is 6.24. The van der Waals surface area contributed by atoms with Crippen molar-refractivity contribution in [3.8, 4) is 11.5 Å². The van der Waals surface area contributed by atoms with Crippen LogP contribution < -0.4 is 19.9 Å². The summed E-state index contributed by atoms with van der Waals surface area (Å²) in [5.74, 6) is 0.781. The molecule has 0 aliphatic carbocycles. The van der Waals surface area contributed by atoms with Crippen molar-refractivity contribution < 1.29 is 22.7 Å². The van der Waals surface area contributed by atoms with Gasteiger partial charge in [0.25, 0.3) is 0 Å². The summed E-state index contributed by atoms with van der Waals surface area (Å²) in [7, 11) is -0.791. The number of nitrogens with two attached hydrogens (primary N) is 1. The van der Waals surface area contributed by atoms with E-state index in [1.807, 2.05) is 0 Å².